The number of allylic oxidation sites excluding steroid dienone is 1. The Morgan fingerprint density at radius 3 is 2.83 bits per heavy atom. The number of rotatable bonds is 3. The molecule has 1 fully saturated rings. The quantitative estimate of drug-likeness (QED) is 0.644. The van der Waals surface area contributed by atoms with Gasteiger partial charge in [-0.05, 0) is 18.2 Å². The summed E-state index contributed by atoms with van der Waals surface area (Å²) in [5.41, 5.74) is 2.68. The molecular formula is C21H19N5O4. The number of aromatic amines is 1. The van der Waals surface area contributed by atoms with Crippen LogP contribution in [0.3, 0.4) is 0 Å². The van der Waals surface area contributed by atoms with Crippen LogP contribution in [0.15, 0.2) is 42.3 Å². The van der Waals surface area contributed by atoms with Crippen LogP contribution in [0, 0.1) is 0 Å². The summed E-state index contributed by atoms with van der Waals surface area (Å²) in [6.45, 7) is 2.80. The molecule has 1 saturated heterocycles. The number of nitrogens with one attached hydrogen (secondary N) is 1. The van der Waals surface area contributed by atoms with Crippen LogP contribution < -0.4 is 4.74 Å². The Morgan fingerprint density at radius 1 is 1.20 bits per heavy atom. The van der Waals surface area contributed by atoms with E-state index in [1.165, 1.54) is 4.90 Å². The van der Waals surface area contributed by atoms with Crippen LogP contribution in [0.4, 0.5) is 4.79 Å². The van der Waals surface area contributed by atoms with E-state index in [-0.39, 0.29) is 11.5 Å². The number of benzene rings is 1. The highest BCUT2D eigenvalue weighted by Gasteiger charge is 2.31. The third-order valence-electron chi connectivity index (χ3n) is 5.45. The number of carboxylic acid groups (broad SMARTS) is 1. The van der Waals surface area contributed by atoms with Crippen LogP contribution in [0.25, 0.3) is 17.1 Å². The zero-order valence-corrected chi connectivity index (χ0v) is 16.0. The van der Waals surface area contributed by atoms with Gasteiger partial charge in [0, 0.05) is 55.9 Å². The first kappa shape index (κ1) is 18.3. The average Bonchev–Trinajstić information content (AvgIpc) is 3.31. The maximum absolute atomic E-state index is 12.9. The van der Waals surface area contributed by atoms with Crippen molar-refractivity contribution >= 4 is 29.0 Å². The highest BCUT2D eigenvalue weighted by molar-refractivity contribution is 6.15. The number of hydrogen-bond acceptors (Lipinski definition) is 6. The molecule has 0 radical (unpaired) electrons. The number of Topliss-reactive ketones (excluding diaryl/α,β-unsaturated/α-hetero) is 1. The summed E-state index contributed by atoms with van der Waals surface area (Å²) in [6.07, 6.45) is 2.42. The fourth-order valence-corrected chi connectivity index (χ4v) is 3.84. The number of piperazine rings is 1. The summed E-state index contributed by atoms with van der Waals surface area (Å²) in [6, 6.07) is 9.24. The average molecular weight is 405 g/mol. The molecule has 2 aliphatic heterocycles. The largest absolute Gasteiger partial charge is 0.465 e. The molecule has 2 N–H and O–H groups in total. The number of ketones is 1. The van der Waals surface area contributed by atoms with Crippen molar-refractivity contribution < 1.29 is 19.4 Å². The number of aromatic nitrogens is 3. The summed E-state index contributed by atoms with van der Waals surface area (Å²) < 4.78 is 5.98. The van der Waals surface area contributed by atoms with Gasteiger partial charge in [0.1, 0.15) is 5.75 Å². The van der Waals surface area contributed by atoms with Crippen molar-refractivity contribution in [2.45, 2.75) is 6.54 Å². The first-order chi connectivity index (χ1) is 14.6. The zero-order chi connectivity index (χ0) is 20.7. The maximum atomic E-state index is 12.9. The fourth-order valence-electron chi connectivity index (χ4n) is 3.84. The van der Waals surface area contributed by atoms with E-state index in [0.29, 0.717) is 55.4 Å². The summed E-state index contributed by atoms with van der Waals surface area (Å²) in [5.74, 6) is 0.611. The van der Waals surface area contributed by atoms with E-state index in [2.05, 4.69) is 20.1 Å². The lowest BCUT2D eigenvalue weighted by Gasteiger charge is -2.33. The smallest absolute Gasteiger partial charge is 0.407 e. The van der Waals surface area contributed by atoms with E-state index in [1.54, 1.807) is 18.3 Å². The first-order valence-electron chi connectivity index (χ1n) is 9.65. The number of hydrogen-bond donors (Lipinski definition) is 2. The van der Waals surface area contributed by atoms with Crippen molar-refractivity contribution in [1.82, 2.24) is 25.0 Å². The topological polar surface area (TPSA) is 112 Å². The SMILES string of the molecule is O=C1/C(=C/c2n[nH]c3ncccc23)Oc2c(CN3CCN(C(=O)O)CC3)cccc21. The number of para-hydroxylation sites is 1. The Bertz CT molecular complexity index is 1180. The summed E-state index contributed by atoms with van der Waals surface area (Å²) in [4.78, 5) is 31.8. The van der Waals surface area contributed by atoms with Gasteiger partial charge in [-0.15, -0.1) is 0 Å². The lowest BCUT2D eigenvalue weighted by Crippen LogP contribution is -2.47. The van der Waals surface area contributed by atoms with Crippen molar-refractivity contribution in [1.29, 1.82) is 0 Å². The minimum Gasteiger partial charge on any atom is -0.465 e. The standard InChI is InChI=1S/C21H19N5O4/c27-18-15-4-1-3-13(12-25-7-9-26(10-8-25)21(28)29)19(15)30-17(18)11-16-14-5-2-6-22-20(14)24-23-16/h1-6,11H,7-10,12H2,(H,28,29)(H,22,23,24)/b17-11-. The molecule has 0 aliphatic carbocycles. The maximum Gasteiger partial charge on any atom is 0.407 e. The molecule has 0 unspecified atom stereocenters. The number of H-pyrrole nitrogens is 1. The van der Waals surface area contributed by atoms with E-state index in [4.69, 9.17) is 9.84 Å². The van der Waals surface area contributed by atoms with Gasteiger partial charge in [0.25, 0.3) is 0 Å². The number of amides is 1. The molecule has 0 atom stereocenters. The normalized spacial score (nSPS) is 18.1. The zero-order valence-electron chi connectivity index (χ0n) is 16.0. The molecule has 2 aromatic heterocycles. The third-order valence-corrected chi connectivity index (χ3v) is 5.45. The van der Waals surface area contributed by atoms with Crippen LogP contribution in [0.5, 0.6) is 5.75 Å². The number of carbonyl (C=O) groups is 2. The van der Waals surface area contributed by atoms with Gasteiger partial charge in [0.2, 0.25) is 5.78 Å². The van der Waals surface area contributed by atoms with Crippen molar-refractivity contribution in [3.8, 4) is 5.75 Å². The minimum absolute atomic E-state index is 0.178. The fraction of sp³-hybridized carbons (Fsp3) is 0.238. The van der Waals surface area contributed by atoms with Crippen LogP contribution in [-0.2, 0) is 6.54 Å². The first-order valence-corrected chi connectivity index (χ1v) is 9.65. The van der Waals surface area contributed by atoms with E-state index >= 15 is 0 Å². The molecule has 152 valence electrons. The van der Waals surface area contributed by atoms with Gasteiger partial charge in [0.05, 0.1) is 11.3 Å². The van der Waals surface area contributed by atoms with Crippen LogP contribution in [-0.4, -0.2) is 68.1 Å². The Kier molecular flexibility index (Phi) is 4.44. The molecule has 0 bridgehead atoms. The molecule has 0 spiro atoms. The van der Waals surface area contributed by atoms with Gasteiger partial charge < -0.3 is 14.7 Å². The molecular weight excluding hydrogens is 386 g/mol. The van der Waals surface area contributed by atoms with Gasteiger partial charge in [-0.1, -0.05) is 12.1 Å². The van der Waals surface area contributed by atoms with Crippen LogP contribution in [0.2, 0.25) is 0 Å². The van der Waals surface area contributed by atoms with Crippen LogP contribution >= 0.6 is 0 Å². The number of pyridine rings is 1. The van der Waals surface area contributed by atoms with Crippen molar-refractivity contribution in [2.24, 2.45) is 0 Å². The van der Waals surface area contributed by atoms with Crippen LogP contribution in [0.1, 0.15) is 21.6 Å². The van der Waals surface area contributed by atoms with E-state index in [9.17, 15) is 9.59 Å². The lowest BCUT2D eigenvalue weighted by molar-refractivity contribution is 0.101. The lowest BCUT2D eigenvalue weighted by atomic mass is 10.1. The van der Waals surface area contributed by atoms with E-state index in [1.807, 2.05) is 24.3 Å². The molecule has 9 nitrogen and oxygen atoms in total. The summed E-state index contributed by atoms with van der Waals surface area (Å²) >= 11 is 0. The number of fused-ring (bicyclic) bond motifs is 2. The third kappa shape index (κ3) is 3.18. The number of nitrogens with zero attached hydrogens (tertiary/aromatic N) is 4. The van der Waals surface area contributed by atoms with Gasteiger partial charge in [-0.2, -0.15) is 5.10 Å². The molecule has 1 aromatic carbocycles. The number of ether oxygens (including phenoxy) is 1. The molecule has 30 heavy (non-hydrogen) atoms. The predicted molar refractivity (Wildman–Crippen MR) is 108 cm³/mol. The van der Waals surface area contributed by atoms with Crippen molar-refractivity contribution in [3.05, 3.63) is 59.1 Å². The Hall–Kier alpha value is -3.72. The molecule has 4 heterocycles. The minimum atomic E-state index is -0.889. The highest BCUT2D eigenvalue weighted by atomic mass is 16.5. The van der Waals surface area contributed by atoms with Gasteiger partial charge >= 0.3 is 6.09 Å². The Labute approximate surface area is 171 Å². The van der Waals surface area contributed by atoms with Crippen molar-refractivity contribution in [3.63, 3.8) is 0 Å². The predicted octanol–water partition coefficient (Wildman–Crippen LogP) is 2.37. The Balaban J connectivity index is 1.38. The van der Waals surface area contributed by atoms with Gasteiger partial charge in [-0.3, -0.25) is 14.8 Å². The summed E-state index contributed by atoms with van der Waals surface area (Å²) in [5, 5.41) is 17.0. The second-order valence-electron chi connectivity index (χ2n) is 7.29. The van der Waals surface area contributed by atoms with E-state index in [0.717, 1.165) is 10.9 Å². The van der Waals surface area contributed by atoms with Gasteiger partial charge in [0.15, 0.2) is 11.4 Å². The highest BCUT2D eigenvalue weighted by Crippen LogP contribution is 2.36. The number of carbonyl (C=O) groups excluding carboxylic acids is 1. The monoisotopic (exact) mass is 405 g/mol. The molecule has 2 aliphatic rings. The molecule has 0 saturated carbocycles. The van der Waals surface area contributed by atoms with Gasteiger partial charge in [-0.25, -0.2) is 9.78 Å². The molecule has 9 heteroatoms. The molecule has 1 amide bonds. The Morgan fingerprint density at radius 2 is 2.03 bits per heavy atom. The second-order valence-corrected chi connectivity index (χ2v) is 7.29. The summed E-state index contributed by atoms with van der Waals surface area (Å²) in [7, 11) is 0. The second kappa shape index (κ2) is 7.27. The molecule has 3 aromatic rings. The van der Waals surface area contributed by atoms with Crippen molar-refractivity contribution in [2.75, 3.05) is 26.2 Å². The van der Waals surface area contributed by atoms with E-state index < -0.39 is 6.09 Å². The molecule has 5 rings (SSSR count).